The number of halogens is 4. The average Bonchev–Trinajstić information content (AvgIpc) is 3.38. The van der Waals surface area contributed by atoms with E-state index in [0.29, 0.717) is 11.4 Å². The van der Waals surface area contributed by atoms with E-state index in [1.807, 2.05) is 0 Å². The number of amidine groups is 1. The van der Waals surface area contributed by atoms with Gasteiger partial charge in [-0.3, -0.25) is 14.7 Å². The van der Waals surface area contributed by atoms with Gasteiger partial charge in [-0.2, -0.15) is 0 Å². The maximum atomic E-state index is 14.4. The van der Waals surface area contributed by atoms with Gasteiger partial charge in [-0.1, -0.05) is 17.7 Å². The van der Waals surface area contributed by atoms with Gasteiger partial charge in [-0.05, 0) is 18.6 Å². The molecule has 2 N–H and O–H groups in total. The molecule has 2 unspecified atom stereocenters. The van der Waals surface area contributed by atoms with Crippen molar-refractivity contribution in [1.82, 2.24) is 19.8 Å². The molecular weight excluding hydrogens is 515 g/mol. The number of carboxylic acid groups (broad SMARTS) is 1. The first kappa shape index (κ1) is 26.7. The van der Waals surface area contributed by atoms with Crippen molar-refractivity contribution in [1.29, 1.82) is 0 Å². The lowest BCUT2D eigenvalue weighted by molar-refractivity contribution is -0.137. The van der Waals surface area contributed by atoms with E-state index in [1.165, 1.54) is 24.1 Å². The first-order valence-electron chi connectivity index (χ1n) is 11.4. The lowest BCUT2D eigenvalue weighted by Gasteiger charge is -2.31. The van der Waals surface area contributed by atoms with Gasteiger partial charge in [0.05, 0.1) is 19.2 Å². The van der Waals surface area contributed by atoms with Gasteiger partial charge in [0.2, 0.25) is 0 Å². The number of aromatic nitrogens is 2. The van der Waals surface area contributed by atoms with E-state index in [-0.39, 0.29) is 41.5 Å². The molecule has 2 aliphatic heterocycles. The molecule has 0 amide bonds. The van der Waals surface area contributed by atoms with Crippen molar-refractivity contribution in [3.8, 4) is 0 Å². The van der Waals surface area contributed by atoms with E-state index in [1.54, 1.807) is 24.0 Å². The number of methoxy groups -OCH3 is 1. The number of aryl methyl sites for hydroxylation is 1. The van der Waals surface area contributed by atoms with Crippen molar-refractivity contribution in [2.24, 2.45) is 12.0 Å². The van der Waals surface area contributed by atoms with Crippen LogP contribution in [-0.2, 0) is 21.4 Å². The number of nitrogens with zero attached hydrogens (tertiary/aromatic N) is 4. The highest BCUT2D eigenvalue weighted by atomic mass is 35.5. The summed E-state index contributed by atoms with van der Waals surface area (Å²) in [5.74, 6) is -4.83. The molecule has 1 aromatic heterocycles. The molecule has 0 aliphatic carbocycles. The van der Waals surface area contributed by atoms with Gasteiger partial charge in [0.1, 0.15) is 11.9 Å². The van der Waals surface area contributed by atoms with Crippen molar-refractivity contribution < 1.29 is 32.6 Å². The summed E-state index contributed by atoms with van der Waals surface area (Å²) >= 11 is 6.34. The number of likely N-dealkylation sites (tertiary alicyclic amines) is 1. The molecular formula is C24H25ClF3N5O4. The van der Waals surface area contributed by atoms with Crippen molar-refractivity contribution in [2.45, 2.75) is 37.3 Å². The lowest BCUT2D eigenvalue weighted by Crippen LogP contribution is -2.42. The van der Waals surface area contributed by atoms with Crippen LogP contribution in [-0.4, -0.2) is 69.5 Å². The summed E-state index contributed by atoms with van der Waals surface area (Å²) in [6, 6.07) is 1.88. The fraction of sp³-hybridized carbons (Fsp3) is 0.417. The van der Waals surface area contributed by atoms with Crippen LogP contribution < -0.4 is 5.32 Å². The lowest BCUT2D eigenvalue weighted by atomic mass is 9.95. The molecule has 0 radical (unpaired) electrons. The van der Waals surface area contributed by atoms with Gasteiger partial charge in [0.15, 0.2) is 11.7 Å². The number of carbonyl (C=O) groups is 2. The molecule has 2 aromatic rings. The predicted molar refractivity (Wildman–Crippen MR) is 128 cm³/mol. The Bertz CT molecular complexity index is 1280. The maximum Gasteiger partial charge on any atom is 0.338 e. The van der Waals surface area contributed by atoms with Crippen LogP contribution >= 0.6 is 11.6 Å². The molecule has 0 saturated carbocycles. The number of hydrogen-bond donors (Lipinski definition) is 2. The molecule has 3 heterocycles. The number of ether oxygens (including phenoxy) is 1. The smallest absolute Gasteiger partial charge is 0.338 e. The Hall–Kier alpha value is -3.38. The number of aliphatic carboxylic acids is 1. The van der Waals surface area contributed by atoms with E-state index in [2.05, 4.69) is 15.3 Å². The average molecular weight is 540 g/mol. The van der Waals surface area contributed by atoms with Crippen molar-refractivity contribution in [2.75, 3.05) is 20.2 Å². The first-order chi connectivity index (χ1) is 17.5. The van der Waals surface area contributed by atoms with Crippen LogP contribution in [0, 0.1) is 5.82 Å². The number of benzene rings is 1. The molecule has 1 saturated heterocycles. The van der Waals surface area contributed by atoms with Crippen LogP contribution in [0.15, 0.2) is 46.9 Å². The Morgan fingerprint density at radius 1 is 1.35 bits per heavy atom. The number of hydrogen-bond acceptors (Lipinski definition) is 7. The van der Waals surface area contributed by atoms with Gasteiger partial charge in [0.25, 0.3) is 5.92 Å². The second kappa shape index (κ2) is 10.5. The van der Waals surface area contributed by atoms with Crippen LogP contribution in [0.2, 0.25) is 5.02 Å². The van der Waals surface area contributed by atoms with Gasteiger partial charge in [-0.15, -0.1) is 0 Å². The van der Waals surface area contributed by atoms with Crippen LogP contribution in [0.3, 0.4) is 0 Å². The Morgan fingerprint density at radius 3 is 2.73 bits per heavy atom. The zero-order chi connectivity index (χ0) is 26.9. The normalized spacial score (nSPS) is 21.5. The van der Waals surface area contributed by atoms with Gasteiger partial charge >= 0.3 is 11.9 Å². The highest BCUT2D eigenvalue weighted by Gasteiger charge is 2.46. The van der Waals surface area contributed by atoms with E-state index < -0.39 is 48.7 Å². The SMILES string of the molecule is COC(=O)C1=C(CN2CC(F)(F)CC2CCC(=O)O)NC(c2nccn2C)=NC1c1ccc(F)cc1Cl. The quantitative estimate of drug-likeness (QED) is 0.495. The van der Waals surface area contributed by atoms with E-state index in [4.69, 9.17) is 21.4 Å². The number of carboxylic acids is 1. The minimum absolute atomic E-state index is 0.0132. The minimum Gasteiger partial charge on any atom is -0.481 e. The molecule has 37 heavy (non-hydrogen) atoms. The minimum atomic E-state index is -3.03. The topological polar surface area (TPSA) is 109 Å². The Balaban J connectivity index is 1.81. The van der Waals surface area contributed by atoms with Crippen LogP contribution in [0.1, 0.15) is 36.7 Å². The summed E-state index contributed by atoms with van der Waals surface area (Å²) < 4.78 is 49.3. The summed E-state index contributed by atoms with van der Waals surface area (Å²) in [6.07, 6.45) is 2.46. The first-order valence-corrected chi connectivity index (χ1v) is 11.8. The zero-order valence-corrected chi connectivity index (χ0v) is 20.8. The molecule has 0 bridgehead atoms. The standard InChI is InChI=1S/C24H25ClF3N5O4/c1-32-8-7-29-22(32)21-30-17(11-33-12-24(27,28)10-14(33)4-6-18(34)35)19(23(36)37-2)20(31-21)15-5-3-13(26)9-16(15)25/h3,5,7-9,14,20H,4,6,10-12H2,1-2H3,(H,30,31)(H,34,35). The fourth-order valence-corrected chi connectivity index (χ4v) is 4.92. The largest absolute Gasteiger partial charge is 0.481 e. The number of aliphatic imine (C=N–C) groups is 1. The van der Waals surface area contributed by atoms with Crippen molar-refractivity contribution in [3.05, 3.63) is 64.1 Å². The fourth-order valence-electron chi connectivity index (χ4n) is 4.65. The highest BCUT2D eigenvalue weighted by Crippen LogP contribution is 2.39. The molecule has 2 atom stereocenters. The second-order valence-corrected chi connectivity index (χ2v) is 9.38. The van der Waals surface area contributed by atoms with Crippen LogP contribution in [0.4, 0.5) is 13.2 Å². The molecule has 4 rings (SSSR count). The molecule has 0 spiro atoms. The van der Waals surface area contributed by atoms with Crippen LogP contribution in [0.25, 0.3) is 0 Å². The number of nitrogens with one attached hydrogen (secondary N) is 1. The number of imidazole rings is 1. The molecule has 1 aromatic carbocycles. The van der Waals surface area contributed by atoms with Gasteiger partial charge < -0.3 is 19.7 Å². The van der Waals surface area contributed by atoms with E-state index in [0.717, 1.165) is 6.07 Å². The third-order valence-corrected chi connectivity index (χ3v) is 6.69. The third kappa shape index (κ3) is 5.80. The molecule has 1 fully saturated rings. The Labute approximate surface area is 215 Å². The monoisotopic (exact) mass is 539 g/mol. The van der Waals surface area contributed by atoms with Gasteiger partial charge in [0, 0.05) is 61.2 Å². The molecule has 2 aliphatic rings. The number of carbonyl (C=O) groups excluding carboxylic acids is 1. The molecule has 13 heteroatoms. The predicted octanol–water partition coefficient (Wildman–Crippen LogP) is 3.31. The number of alkyl halides is 2. The summed E-state index contributed by atoms with van der Waals surface area (Å²) in [5, 5.41) is 12.2. The van der Waals surface area contributed by atoms with E-state index in [9.17, 15) is 22.8 Å². The zero-order valence-electron chi connectivity index (χ0n) is 20.0. The number of esters is 1. The van der Waals surface area contributed by atoms with Crippen molar-refractivity contribution >= 4 is 29.4 Å². The number of rotatable bonds is 8. The van der Waals surface area contributed by atoms with Crippen LogP contribution in [0.5, 0.6) is 0 Å². The molecule has 9 nitrogen and oxygen atoms in total. The summed E-state index contributed by atoms with van der Waals surface area (Å²) in [6.45, 7) is -0.767. The third-order valence-electron chi connectivity index (χ3n) is 6.36. The van der Waals surface area contributed by atoms with E-state index >= 15 is 0 Å². The Morgan fingerprint density at radius 2 is 2.11 bits per heavy atom. The molecule has 198 valence electrons. The van der Waals surface area contributed by atoms with Gasteiger partial charge in [-0.25, -0.2) is 22.9 Å². The Kier molecular flexibility index (Phi) is 7.60. The second-order valence-electron chi connectivity index (χ2n) is 8.97. The summed E-state index contributed by atoms with van der Waals surface area (Å²) in [5.41, 5.74) is 0.549. The summed E-state index contributed by atoms with van der Waals surface area (Å²) in [4.78, 5) is 34.5. The highest BCUT2D eigenvalue weighted by molar-refractivity contribution is 6.31. The summed E-state index contributed by atoms with van der Waals surface area (Å²) in [7, 11) is 2.91. The maximum absolute atomic E-state index is 14.4. The van der Waals surface area contributed by atoms with Crippen molar-refractivity contribution in [3.63, 3.8) is 0 Å².